The molecule has 1 aromatic carbocycles. The van der Waals surface area contributed by atoms with Crippen LogP contribution in [0.3, 0.4) is 0 Å². The van der Waals surface area contributed by atoms with Gasteiger partial charge in [-0.15, -0.1) is 0 Å². The van der Waals surface area contributed by atoms with Gasteiger partial charge in [-0.25, -0.2) is 4.79 Å². The fraction of sp³-hybridized carbons (Fsp3) is 0.500. The van der Waals surface area contributed by atoms with E-state index in [-0.39, 0.29) is 19.4 Å². The highest BCUT2D eigenvalue weighted by molar-refractivity contribution is 5.74. The van der Waals surface area contributed by atoms with Crippen molar-refractivity contribution >= 4 is 12.0 Å². The number of halogens is 3. The van der Waals surface area contributed by atoms with Gasteiger partial charge >= 0.3 is 18.2 Å². The highest BCUT2D eigenvalue weighted by Gasteiger charge is 2.31. The van der Waals surface area contributed by atoms with Crippen molar-refractivity contribution in [2.24, 2.45) is 0 Å². The molecule has 24 heavy (non-hydrogen) atoms. The van der Waals surface area contributed by atoms with Gasteiger partial charge < -0.3 is 15.7 Å². The third kappa shape index (κ3) is 6.89. The van der Waals surface area contributed by atoms with Gasteiger partial charge in [0, 0.05) is 13.0 Å². The number of hydrogen-bond acceptors (Lipinski definition) is 2. The maximum absolute atomic E-state index is 12.8. The topological polar surface area (TPSA) is 78.4 Å². The summed E-state index contributed by atoms with van der Waals surface area (Å²) in [7, 11) is 0. The number of alkyl halides is 3. The Morgan fingerprint density at radius 3 is 2.58 bits per heavy atom. The molecule has 0 saturated heterocycles. The van der Waals surface area contributed by atoms with E-state index >= 15 is 0 Å². The van der Waals surface area contributed by atoms with Gasteiger partial charge in [0.2, 0.25) is 0 Å². The first-order valence-electron chi connectivity index (χ1n) is 7.67. The molecule has 1 unspecified atom stereocenters. The SMILES string of the molecule is CCCC(NC(=O)NCCCC(=O)O)c1cccc(C(F)(F)F)c1. The molecule has 0 saturated carbocycles. The van der Waals surface area contributed by atoms with Gasteiger partial charge in [0.25, 0.3) is 0 Å². The van der Waals surface area contributed by atoms with E-state index in [0.717, 1.165) is 12.1 Å². The van der Waals surface area contributed by atoms with Crippen LogP contribution in [0.5, 0.6) is 0 Å². The average molecular weight is 346 g/mol. The van der Waals surface area contributed by atoms with E-state index < -0.39 is 29.8 Å². The lowest BCUT2D eigenvalue weighted by Crippen LogP contribution is -2.38. The van der Waals surface area contributed by atoms with Crippen molar-refractivity contribution in [2.45, 2.75) is 44.8 Å². The van der Waals surface area contributed by atoms with E-state index in [1.54, 1.807) is 6.07 Å². The summed E-state index contributed by atoms with van der Waals surface area (Å²) < 4.78 is 38.4. The lowest BCUT2D eigenvalue weighted by Gasteiger charge is -2.20. The Labute approximate surface area is 138 Å². The zero-order valence-electron chi connectivity index (χ0n) is 13.3. The highest BCUT2D eigenvalue weighted by atomic mass is 19.4. The molecule has 134 valence electrons. The molecule has 0 aliphatic carbocycles. The number of amides is 2. The number of aliphatic carboxylic acids is 1. The molecule has 0 heterocycles. The minimum Gasteiger partial charge on any atom is -0.481 e. The molecule has 5 nitrogen and oxygen atoms in total. The van der Waals surface area contributed by atoms with E-state index in [2.05, 4.69) is 10.6 Å². The van der Waals surface area contributed by atoms with Crippen LogP contribution in [0.25, 0.3) is 0 Å². The van der Waals surface area contributed by atoms with Crippen LogP contribution in [0, 0.1) is 0 Å². The monoisotopic (exact) mass is 346 g/mol. The normalized spacial score (nSPS) is 12.5. The molecule has 0 aromatic heterocycles. The summed E-state index contributed by atoms with van der Waals surface area (Å²) in [6.07, 6.45) is -3.05. The van der Waals surface area contributed by atoms with Crippen LogP contribution in [-0.4, -0.2) is 23.7 Å². The Bertz CT molecular complexity index is 562. The molecule has 3 N–H and O–H groups in total. The Kier molecular flexibility index (Phi) is 7.54. The molecular formula is C16H21F3N2O3. The quantitative estimate of drug-likeness (QED) is 0.628. The second-order valence-corrected chi connectivity index (χ2v) is 5.36. The van der Waals surface area contributed by atoms with E-state index in [1.807, 2.05) is 6.92 Å². The summed E-state index contributed by atoms with van der Waals surface area (Å²) in [6, 6.07) is 3.80. The zero-order valence-corrected chi connectivity index (χ0v) is 13.3. The van der Waals surface area contributed by atoms with Crippen LogP contribution >= 0.6 is 0 Å². The summed E-state index contributed by atoms with van der Waals surface area (Å²) >= 11 is 0. The predicted octanol–water partition coefficient (Wildman–Crippen LogP) is 3.71. The van der Waals surface area contributed by atoms with Crippen LogP contribution < -0.4 is 10.6 Å². The molecule has 0 radical (unpaired) electrons. The van der Waals surface area contributed by atoms with Crippen LogP contribution in [0.1, 0.15) is 49.8 Å². The molecule has 1 aromatic rings. The Morgan fingerprint density at radius 2 is 2.00 bits per heavy atom. The number of hydrogen-bond donors (Lipinski definition) is 3. The number of urea groups is 1. The summed E-state index contributed by atoms with van der Waals surface area (Å²) in [5.74, 6) is -0.954. The first kappa shape index (κ1) is 19.8. The molecule has 8 heteroatoms. The van der Waals surface area contributed by atoms with Crippen LogP contribution in [0.2, 0.25) is 0 Å². The highest BCUT2D eigenvalue weighted by Crippen LogP contribution is 2.31. The van der Waals surface area contributed by atoms with Crippen molar-refractivity contribution < 1.29 is 27.9 Å². The summed E-state index contributed by atoms with van der Waals surface area (Å²) in [6.45, 7) is 2.05. The van der Waals surface area contributed by atoms with E-state index in [4.69, 9.17) is 5.11 Å². The molecule has 0 aliphatic rings. The Hall–Kier alpha value is -2.25. The average Bonchev–Trinajstić information content (AvgIpc) is 2.50. The molecular weight excluding hydrogens is 325 g/mol. The first-order chi connectivity index (χ1) is 11.2. The largest absolute Gasteiger partial charge is 0.481 e. The molecule has 0 fully saturated rings. The number of benzene rings is 1. The smallest absolute Gasteiger partial charge is 0.416 e. The molecule has 1 atom stereocenters. The van der Waals surface area contributed by atoms with Gasteiger partial charge in [-0.1, -0.05) is 25.5 Å². The summed E-state index contributed by atoms with van der Waals surface area (Å²) in [5.41, 5.74) is -0.378. The van der Waals surface area contributed by atoms with E-state index in [9.17, 15) is 22.8 Å². The van der Waals surface area contributed by atoms with Gasteiger partial charge in [-0.2, -0.15) is 13.2 Å². The van der Waals surface area contributed by atoms with E-state index in [1.165, 1.54) is 6.07 Å². The molecule has 2 amide bonds. The van der Waals surface area contributed by atoms with Gasteiger partial charge in [-0.3, -0.25) is 4.79 Å². The predicted molar refractivity (Wildman–Crippen MR) is 82.5 cm³/mol. The molecule has 0 bridgehead atoms. The van der Waals surface area contributed by atoms with Crippen molar-refractivity contribution in [2.75, 3.05) is 6.54 Å². The fourth-order valence-electron chi connectivity index (χ4n) is 2.19. The van der Waals surface area contributed by atoms with Gasteiger partial charge in [0.1, 0.15) is 0 Å². The number of nitrogens with one attached hydrogen (secondary N) is 2. The molecule has 0 aliphatic heterocycles. The summed E-state index contributed by atoms with van der Waals surface area (Å²) in [4.78, 5) is 22.2. The number of carbonyl (C=O) groups excluding carboxylic acids is 1. The molecule has 0 spiro atoms. The van der Waals surface area contributed by atoms with E-state index in [0.29, 0.717) is 18.4 Å². The van der Waals surface area contributed by atoms with Crippen molar-refractivity contribution in [1.82, 2.24) is 10.6 Å². The van der Waals surface area contributed by atoms with Gasteiger partial charge in [0.05, 0.1) is 11.6 Å². The van der Waals surface area contributed by atoms with Crippen LogP contribution in [0.15, 0.2) is 24.3 Å². The number of rotatable bonds is 8. The minimum atomic E-state index is -4.44. The van der Waals surface area contributed by atoms with Gasteiger partial charge in [-0.05, 0) is 30.5 Å². The van der Waals surface area contributed by atoms with Crippen molar-refractivity contribution in [3.05, 3.63) is 35.4 Å². The lowest BCUT2D eigenvalue weighted by molar-refractivity contribution is -0.138. The van der Waals surface area contributed by atoms with Crippen molar-refractivity contribution in [3.8, 4) is 0 Å². The second-order valence-electron chi connectivity index (χ2n) is 5.36. The Balaban J connectivity index is 2.70. The zero-order chi connectivity index (χ0) is 18.2. The number of carboxylic acid groups (broad SMARTS) is 1. The third-order valence-electron chi connectivity index (χ3n) is 3.35. The number of carboxylic acids is 1. The van der Waals surface area contributed by atoms with Crippen molar-refractivity contribution in [1.29, 1.82) is 0 Å². The first-order valence-corrected chi connectivity index (χ1v) is 7.67. The minimum absolute atomic E-state index is 0.0632. The summed E-state index contributed by atoms with van der Waals surface area (Å²) in [5, 5.41) is 13.7. The second kappa shape index (κ2) is 9.14. The maximum atomic E-state index is 12.8. The Morgan fingerprint density at radius 1 is 1.29 bits per heavy atom. The lowest BCUT2D eigenvalue weighted by atomic mass is 10.00. The van der Waals surface area contributed by atoms with Gasteiger partial charge in [0.15, 0.2) is 0 Å². The van der Waals surface area contributed by atoms with Crippen molar-refractivity contribution in [3.63, 3.8) is 0 Å². The standard InChI is InChI=1S/C16H21F3N2O3/c1-2-5-13(21-15(24)20-9-4-8-14(22)23)11-6-3-7-12(10-11)16(17,18)19/h3,6-7,10,13H,2,4-5,8-9H2,1H3,(H,22,23)(H2,20,21,24). The van der Waals surface area contributed by atoms with Crippen LogP contribution in [0.4, 0.5) is 18.0 Å². The number of carbonyl (C=O) groups is 2. The fourth-order valence-corrected chi connectivity index (χ4v) is 2.19. The third-order valence-corrected chi connectivity index (χ3v) is 3.35. The maximum Gasteiger partial charge on any atom is 0.416 e. The van der Waals surface area contributed by atoms with Crippen LogP contribution in [-0.2, 0) is 11.0 Å². The molecule has 1 rings (SSSR count).